The Morgan fingerprint density at radius 3 is 2.31 bits per heavy atom. The van der Waals surface area contributed by atoms with Crippen LogP contribution in [0.5, 0.6) is 0 Å². The number of halogens is 4. The van der Waals surface area contributed by atoms with Crippen LogP contribution in [-0.2, 0) is 35.0 Å². The van der Waals surface area contributed by atoms with E-state index in [0.29, 0.717) is 11.3 Å². The van der Waals surface area contributed by atoms with Crippen molar-refractivity contribution >= 4 is 40.6 Å². The SMILES string of the molecule is COC(=O)C1=C(C)NC(C[S+]([O-])CCCNC(=O)C(F)(F)F)=C(C(=O)OC)C1c1ccccc1Cl. The summed E-state index contributed by atoms with van der Waals surface area (Å²) in [5.74, 6) is -4.80. The Morgan fingerprint density at radius 2 is 1.74 bits per heavy atom. The van der Waals surface area contributed by atoms with E-state index in [4.69, 9.17) is 21.1 Å². The first-order valence-electron chi connectivity index (χ1n) is 10.2. The smallest absolute Gasteiger partial charge is 0.471 e. The summed E-state index contributed by atoms with van der Waals surface area (Å²) in [6.45, 7) is 1.26. The van der Waals surface area contributed by atoms with Crippen LogP contribution < -0.4 is 10.6 Å². The minimum absolute atomic E-state index is 0.00493. The topological polar surface area (TPSA) is 117 Å². The number of esters is 2. The molecule has 0 bridgehead atoms. The summed E-state index contributed by atoms with van der Waals surface area (Å²) in [5, 5.41) is 4.91. The van der Waals surface area contributed by atoms with Gasteiger partial charge in [0.25, 0.3) is 0 Å². The van der Waals surface area contributed by atoms with Crippen molar-refractivity contribution in [3.05, 3.63) is 57.4 Å². The molecule has 2 N–H and O–H groups in total. The molecule has 2 unspecified atom stereocenters. The molecule has 0 spiro atoms. The first kappa shape index (κ1) is 28.5. The fourth-order valence-corrected chi connectivity index (χ4v) is 4.94. The number of methoxy groups -OCH3 is 2. The van der Waals surface area contributed by atoms with Crippen LogP contribution in [0.2, 0.25) is 5.02 Å². The number of amides is 1. The van der Waals surface area contributed by atoms with Crippen LogP contribution in [0.15, 0.2) is 46.8 Å². The minimum Gasteiger partial charge on any atom is -0.616 e. The van der Waals surface area contributed by atoms with E-state index in [1.165, 1.54) is 7.11 Å². The maximum Gasteiger partial charge on any atom is 0.471 e. The predicted octanol–water partition coefficient (Wildman–Crippen LogP) is 2.72. The quantitative estimate of drug-likeness (QED) is 0.283. The van der Waals surface area contributed by atoms with Crippen molar-refractivity contribution in [2.24, 2.45) is 0 Å². The second kappa shape index (κ2) is 12.3. The molecule has 1 aromatic rings. The molecule has 8 nitrogen and oxygen atoms in total. The number of ether oxygens (including phenoxy) is 2. The number of hydrogen-bond acceptors (Lipinski definition) is 7. The normalized spacial score (nSPS) is 17.0. The molecule has 1 aliphatic rings. The Labute approximate surface area is 208 Å². The third-order valence-corrected chi connectivity index (χ3v) is 6.77. The molecule has 1 aliphatic heterocycles. The first-order valence-corrected chi connectivity index (χ1v) is 12.1. The molecule has 2 atom stereocenters. The van der Waals surface area contributed by atoms with Crippen molar-refractivity contribution < 1.29 is 41.6 Å². The van der Waals surface area contributed by atoms with Crippen molar-refractivity contribution in [2.45, 2.75) is 25.4 Å². The second-order valence-electron chi connectivity index (χ2n) is 7.39. The van der Waals surface area contributed by atoms with E-state index in [1.54, 1.807) is 36.5 Å². The lowest BCUT2D eigenvalue weighted by atomic mass is 9.80. The van der Waals surface area contributed by atoms with Crippen molar-refractivity contribution in [3.8, 4) is 0 Å². The number of hydrogen-bond donors (Lipinski definition) is 2. The standard InChI is InChI=1S/C22H24ClF3N2O6S/c1-12-16(19(29)33-2)17(13-7-4-5-8-14(13)23)18(20(30)34-3)15(28-12)11-35(32)10-6-9-27-21(31)22(24,25)26/h4-5,7-8,17,28H,6,9-11H2,1-3H3,(H,27,31). The van der Waals surface area contributed by atoms with Gasteiger partial charge in [0.1, 0.15) is 11.5 Å². The number of dihydropyridines is 1. The van der Waals surface area contributed by atoms with E-state index in [2.05, 4.69) is 5.32 Å². The van der Waals surface area contributed by atoms with Gasteiger partial charge in [-0.2, -0.15) is 13.2 Å². The maximum absolute atomic E-state index is 12.9. The van der Waals surface area contributed by atoms with Gasteiger partial charge < -0.3 is 24.7 Å². The highest BCUT2D eigenvalue weighted by Crippen LogP contribution is 2.42. The highest BCUT2D eigenvalue weighted by Gasteiger charge is 2.41. The number of nitrogens with one attached hydrogen (secondary N) is 2. The molecule has 13 heteroatoms. The van der Waals surface area contributed by atoms with Gasteiger partial charge in [0, 0.05) is 23.7 Å². The maximum atomic E-state index is 12.9. The summed E-state index contributed by atoms with van der Waals surface area (Å²) in [4.78, 5) is 36.4. The Hall–Kier alpha value is -2.70. The molecule has 35 heavy (non-hydrogen) atoms. The molecule has 2 rings (SSSR count). The average Bonchev–Trinajstić information content (AvgIpc) is 2.80. The van der Waals surface area contributed by atoms with E-state index in [9.17, 15) is 32.1 Å². The number of carbonyl (C=O) groups is 3. The Bertz CT molecular complexity index is 1040. The van der Waals surface area contributed by atoms with Gasteiger partial charge in [0.15, 0.2) is 0 Å². The molecule has 192 valence electrons. The molecule has 0 fully saturated rings. The molecule has 0 aromatic heterocycles. The largest absolute Gasteiger partial charge is 0.616 e. The summed E-state index contributed by atoms with van der Waals surface area (Å²) in [6, 6.07) is 6.58. The number of benzene rings is 1. The van der Waals surface area contributed by atoms with Gasteiger partial charge in [-0.1, -0.05) is 29.8 Å². The van der Waals surface area contributed by atoms with Crippen LogP contribution in [0.4, 0.5) is 13.2 Å². The molecule has 0 saturated heterocycles. The van der Waals surface area contributed by atoms with Crippen LogP contribution in [0.1, 0.15) is 24.8 Å². The van der Waals surface area contributed by atoms with E-state index < -0.39 is 41.1 Å². The lowest BCUT2D eigenvalue weighted by molar-refractivity contribution is -0.173. The van der Waals surface area contributed by atoms with Crippen molar-refractivity contribution in [1.82, 2.24) is 10.6 Å². The number of rotatable bonds is 9. The Balaban J connectivity index is 2.35. The van der Waals surface area contributed by atoms with E-state index >= 15 is 0 Å². The van der Waals surface area contributed by atoms with Gasteiger partial charge >= 0.3 is 24.0 Å². The highest BCUT2D eigenvalue weighted by atomic mass is 35.5. The lowest BCUT2D eigenvalue weighted by Crippen LogP contribution is -2.38. The van der Waals surface area contributed by atoms with Gasteiger partial charge in [0.2, 0.25) is 0 Å². The van der Waals surface area contributed by atoms with Gasteiger partial charge in [0.05, 0.1) is 37.0 Å². The summed E-state index contributed by atoms with van der Waals surface area (Å²) in [5.41, 5.74) is 1.10. The second-order valence-corrected chi connectivity index (χ2v) is 9.37. The summed E-state index contributed by atoms with van der Waals surface area (Å²) in [7, 11) is 2.34. The van der Waals surface area contributed by atoms with Crippen LogP contribution >= 0.6 is 11.6 Å². The molecular formula is C22H24ClF3N2O6S. The van der Waals surface area contributed by atoms with Crippen molar-refractivity contribution in [2.75, 3.05) is 32.3 Å². The molecular weight excluding hydrogens is 513 g/mol. The zero-order chi connectivity index (χ0) is 26.3. The van der Waals surface area contributed by atoms with Crippen LogP contribution in [0.25, 0.3) is 0 Å². The molecule has 1 aromatic carbocycles. The van der Waals surface area contributed by atoms with Crippen LogP contribution in [0, 0.1) is 0 Å². The fourth-order valence-electron chi connectivity index (χ4n) is 3.53. The van der Waals surface area contributed by atoms with Gasteiger partial charge in [-0.05, 0) is 29.7 Å². The number of allylic oxidation sites excluding steroid dienone is 1. The minimum atomic E-state index is -5.00. The Morgan fingerprint density at radius 1 is 1.14 bits per heavy atom. The van der Waals surface area contributed by atoms with Crippen LogP contribution in [-0.4, -0.2) is 60.8 Å². The van der Waals surface area contributed by atoms with E-state index in [0.717, 1.165) is 7.11 Å². The summed E-state index contributed by atoms with van der Waals surface area (Å²) < 4.78 is 59.4. The number of carbonyl (C=O) groups excluding carboxylic acids is 3. The average molecular weight is 537 g/mol. The summed E-state index contributed by atoms with van der Waals surface area (Å²) >= 11 is 4.74. The van der Waals surface area contributed by atoms with Crippen molar-refractivity contribution in [1.29, 1.82) is 0 Å². The zero-order valence-corrected chi connectivity index (χ0v) is 20.7. The highest BCUT2D eigenvalue weighted by molar-refractivity contribution is 7.91. The van der Waals surface area contributed by atoms with Crippen molar-refractivity contribution in [3.63, 3.8) is 0 Å². The van der Waals surface area contributed by atoms with Gasteiger partial charge in [-0.3, -0.25) is 4.79 Å². The van der Waals surface area contributed by atoms with Gasteiger partial charge in [-0.15, -0.1) is 0 Å². The monoisotopic (exact) mass is 536 g/mol. The van der Waals surface area contributed by atoms with E-state index in [1.807, 2.05) is 0 Å². The van der Waals surface area contributed by atoms with Crippen LogP contribution in [0.3, 0.4) is 0 Å². The third kappa shape index (κ3) is 7.15. The molecule has 1 amide bonds. The number of alkyl halides is 3. The molecule has 0 radical (unpaired) electrons. The molecule has 0 saturated carbocycles. The first-order chi connectivity index (χ1) is 16.4. The van der Waals surface area contributed by atoms with E-state index in [-0.39, 0.29) is 46.3 Å². The van der Waals surface area contributed by atoms with Gasteiger partial charge in [-0.25, -0.2) is 9.59 Å². The fraction of sp³-hybridized carbons (Fsp3) is 0.409. The molecule has 1 heterocycles. The Kier molecular flexibility index (Phi) is 10.0. The summed E-state index contributed by atoms with van der Waals surface area (Å²) in [6.07, 6.45) is -4.99. The molecule has 0 aliphatic carbocycles. The zero-order valence-electron chi connectivity index (χ0n) is 19.1. The lowest BCUT2D eigenvalue weighted by Gasteiger charge is -2.31. The predicted molar refractivity (Wildman–Crippen MR) is 123 cm³/mol. The third-order valence-electron chi connectivity index (χ3n) is 5.07.